The van der Waals surface area contributed by atoms with Crippen LogP contribution in [0.5, 0.6) is 0 Å². The average molecular weight is 400 g/mol. The number of hydrogen-bond acceptors (Lipinski definition) is 2. The summed E-state index contributed by atoms with van der Waals surface area (Å²) in [5.41, 5.74) is 0. The molecular formula is C8H6F14O2. The summed E-state index contributed by atoms with van der Waals surface area (Å²) >= 11 is 0. The van der Waals surface area contributed by atoms with Crippen LogP contribution in [0.3, 0.4) is 0 Å². The van der Waals surface area contributed by atoms with Crippen LogP contribution in [0.4, 0.5) is 61.5 Å². The van der Waals surface area contributed by atoms with E-state index >= 15 is 0 Å². The Morgan fingerprint density at radius 1 is 0.417 bits per heavy atom. The molecule has 0 saturated carbocycles. The van der Waals surface area contributed by atoms with Gasteiger partial charge in [-0.3, -0.25) is 0 Å². The fourth-order valence-electron chi connectivity index (χ4n) is 0.613. The van der Waals surface area contributed by atoms with Crippen molar-refractivity contribution >= 4 is 0 Å². The van der Waals surface area contributed by atoms with E-state index in [-0.39, 0.29) is 0 Å². The predicted molar refractivity (Wildman–Crippen MR) is 46.1 cm³/mol. The molecular weight excluding hydrogens is 394 g/mol. The average Bonchev–Trinajstić information content (AvgIpc) is 2.36. The maximum atomic E-state index is 11.7. The second-order valence-corrected chi connectivity index (χ2v) is 3.87. The fraction of sp³-hybridized carbons (Fsp3) is 1.00. The SMILES string of the molecule is OCC(F)(F)C(F)(F)C(F)(F)F.OCC(F)(F)C(F)(F)C(F)(F)F. The lowest BCUT2D eigenvalue weighted by Crippen LogP contribution is -2.53. The fourth-order valence-corrected chi connectivity index (χ4v) is 0.613. The maximum absolute atomic E-state index is 11.7. The highest BCUT2D eigenvalue weighted by molar-refractivity contribution is 4.91. The minimum Gasteiger partial charge on any atom is -0.390 e. The second-order valence-electron chi connectivity index (χ2n) is 3.87. The minimum absolute atomic E-state index is 2.56. The van der Waals surface area contributed by atoms with E-state index in [9.17, 15) is 61.5 Å². The predicted octanol–water partition coefficient (Wildman–Crippen LogP) is 3.62. The van der Waals surface area contributed by atoms with E-state index in [0.717, 1.165) is 0 Å². The number of alkyl halides is 14. The van der Waals surface area contributed by atoms with E-state index < -0.39 is 49.3 Å². The zero-order chi connectivity index (χ0) is 20.4. The van der Waals surface area contributed by atoms with Crippen LogP contribution in [0, 0.1) is 0 Å². The number of aliphatic hydroxyl groups excluding tert-OH is 2. The molecule has 0 spiro atoms. The van der Waals surface area contributed by atoms with Crippen LogP contribution in [0.2, 0.25) is 0 Å². The Morgan fingerprint density at radius 2 is 0.583 bits per heavy atom. The van der Waals surface area contributed by atoms with Gasteiger partial charge in [-0.25, -0.2) is 0 Å². The summed E-state index contributed by atoms with van der Waals surface area (Å²) in [6, 6.07) is 0. The highest BCUT2D eigenvalue weighted by Crippen LogP contribution is 2.46. The van der Waals surface area contributed by atoms with Gasteiger partial charge in [0.2, 0.25) is 0 Å². The first-order chi connectivity index (χ1) is 10.1. The summed E-state index contributed by atoms with van der Waals surface area (Å²) in [6.07, 6.45) is -12.7. The first-order valence-electron chi connectivity index (χ1n) is 4.99. The van der Waals surface area contributed by atoms with Gasteiger partial charge in [0.05, 0.1) is 0 Å². The standard InChI is InChI=1S/2C4H3F7O/c2*5-2(6,1-12)3(7,8)4(9,10)11/h2*12H,1H2. The maximum Gasteiger partial charge on any atom is 0.459 e. The lowest BCUT2D eigenvalue weighted by atomic mass is 10.2. The highest BCUT2D eigenvalue weighted by atomic mass is 19.4. The van der Waals surface area contributed by atoms with E-state index in [1.54, 1.807) is 0 Å². The van der Waals surface area contributed by atoms with Crippen molar-refractivity contribution in [2.75, 3.05) is 13.2 Å². The van der Waals surface area contributed by atoms with Gasteiger partial charge in [0.1, 0.15) is 13.2 Å². The van der Waals surface area contributed by atoms with Crippen LogP contribution in [-0.2, 0) is 0 Å². The third kappa shape index (κ3) is 4.97. The van der Waals surface area contributed by atoms with Crippen LogP contribution in [-0.4, -0.2) is 59.5 Å². The summed E-state index contributed by atoms with van der Waals surface area (Å²) in [4.78, 5) is 0. The smallest absolute Gasteiger partial charge is 0.390 e. The third-order valence-corrected chi connectivity index (χ3v) is 2.03. The number of rotatable bonds is 4. The molecule has 2 nitrogen and oxygen atoms in total. The molecule has 0 fully saturated rings. The van der Waals surface area contributed by atoms with Gasteiger partial charge in [0.25, 0.3) is 0 Å². The van der Waals surface area contributed by atoms with Gasteiger partial charge in [-0.15, -0.1) is 0 Å². The van der Waals surface area contributed by atoms with Crippen molar-refractivity contribution in [1.82, 2.24) is 0 Å². The van der Waals surface area contributed by atoms with Gasteiger partial charge in [-0.05, 0) is 0 Å². The van der Waals surface area contributed by atoms with Crippen LogP contribution >= 0.6 is 0 Å². The molecule has 0 aromatic rings. The Balaban J connectivity index is 0. The van der Waals surface area contributed by atoms with Crippen molar-refractivity contribution in [3.63, 3.8) is 0 Å². The molecule has 0 aromatic heterocycles. The summed E-state index contributed by atoms with van der Waals surface area (Å²) in [6.45, 7) is -5.11. The largest absolute Gasteiger partial charge is 0.459 e. The van der Waals surface area contributed by atoms with Gasteiger partial charge in [0.15, 0.2) is 0 Å². The van der Waals surface area contributed by atoms with Crippen LogP contribution in [0.25, 0.3) is 0 Å². The monoisotopic (exact) mass is 400 g/mol. The minimum atomic E-state index is -6.36. The summed E-state index contributed by atoms with van der Waals surface area (Å²) in [5, 5.41) is 15.1. The van der Waals surface area contributed by atoms with E-state index in [4.69, 9.17) is 10.2 Å². The molecule has 0 atom stereocenters. The van der Waals surface area contributed by atoms with Gasteiger partial charge < -0.3 is 10.2 Å². The molecule has 2 N–H and O–H groups in total. The molecule has 0 aromatic carbocycles. The molecule has 0 radical (unpaired) electrons. The number of hydrogen-bond donors (Lipinski definition) is 2. The first kappa shape index (κ1) is 25.2. The molecule has 0 amide bonds. The van der Waals surface area contributed by atoms with Gasteiger partial charge in [0, 0.05) is 0 Å². The van der Waals surface area contributed by atoms with Crippen molar-refractivity contribution in [1.29, 1.82) is 0 Å². The molecule has 0 saturated heterocycles. The molecule has 0 aliphatic carbocycles. The molecule has 0 aliphatic heterocycles. The molecule has 0 heterocycles. The lowest BCUT2D eigenvalue weighted by Gasteiger charge is -2.26. The van der Waals surface area contributed by atoms with Gasteiger partial charge >= 0.3 is 36.0 Å². The molecule has 0 unspecified atom stereocenters. The third-order valence-electron chi connectivity index (χ3n) is 2.03. The normalized spacial score (nSPS) is 15.0. The van der Waals surface area contributed by atoms with E-state index in [2.05, 4.69) is 0 Å². The van der Waals surface area contributed by atoms with Crippen LogP contribution in [0.15, 0.2) is 0 Å². The second kappa shape index (κ2) is 7.05. The lowest BCUT2D eigenvalue weighted by molar-refractivity contribution is -0.359. The van der Waals surface area contributed by atoms with E-state index in [1.165, 1.54) is 0 Å². The number of aliphatic hydroxyl groups is 2. The Labute approximate surface area is 122 Å². The van der Waals surface area contributed by atoms with Crippen molar-refractivity contribution in [3.8, 4) is 0 Å². The van der Waals surface area contributed by atoms with E-state index in [1.807, 2.05) is 0 Å². The molecule has 148 valence electrons. The van der Waals surface area contributed by atoms with Crippen molar-refractivity contribution in [3.05, 3.63) is 0 Å². The topological polar surface area (TPSA) is 40.5 Å². The van der Waals surface area contributed by atoms with Crippen LogP contribution in [0.1, 0.15) is 0 Å². The first-order valence-corrected chi connectivity index (χ1v) is 4.99. The quantitative estimate of drug-likeness (QED) is 0.708. The zero-order valence-electron chi connectivity index (χ0n) is 10.6. The van der Waals surface area contributed by atoms with E-state index in [0.29, 0.717) is 0 Å². The summed E-state index contributed by atoms with van der Waals surface area (Å²) < 4.78 is 161. The molecule has 0 bridgehead atoms. The Bertz CT molecular complexity index is 357. The Hall–Kier alpha value is -1.06. The zero-order valence-corrected chi connectivity index (χ0v) is 10.6. The van der Waals surface area contributed by atoms with Gasteiger partial charge in [-0.1, -0.05) is 0 Å². The molecule has 24 heavy (non-hydrogen) atoms. The highest BCUT2D eigenvalue weighted by Gasteiger charge is 2.73. The van der Waals surface area contributed by atoms with Crippen molar-refractivity contribution in [2.45, 2.75) is 36.0 Å². The Morgan fingerprint density at radius 3 is 0.625 bits per heavy atom. The Kier molecular flexibility index (Phi) is 7.40. The van der Waals surface area contributed by atoms with Gasteiger partial charge in [-0.2, -0.15) is 61.5 Å². The van der Waals surface area contributed by atoms with Crippen LogP contribution < -0.4 is 0 Å². The van der Waals surface area contributed by atoms with Crippen molar-refractivity contribution in [2.24, 2.45) is 0 Å². The summed E-state index contributed by atoms with van der Waals surface area (Å²) in [5.74, 6) is -23.4. The molecule has 16 heteroatoms. The molecule has 0 aliphatic rings. The summed E-state index contributed by atoms with van der Waals surface area (Å²) in [7, 11) is 0. The van der Waals surface area contributed by atoms with Crippen molar-refractivity contribution < 1.29 is 71.7 Å². The number of halogens is 14. The molecule has 0 rings (SSSR count).